The molecule has 0 heterocycles. The molecular weight excluding hydrogens is 289 g/mol. The molecule has 0 aromatic heterocycles. The summed E-state index contributed by atoms with van der Waals surface area (Å²) in [6, 6.07) is 12.7. The van der Waals surface area contributed by atoms with Crippen molar-refractivity contribution in [3.8, 4) is 17.2 Å². The first-order valence-corrected chi connectivity index (χ1v) is 6.46. The number of rotatable bonds is 4. The fraction of sp³-hybridized carbons (Fsp3) is 0.143. The van der Waals surface area contributed by atoms with Gasteiger partial charge in [-0.1, -0.05) is 12.1 Å². The van der Waals surface area contributed by atoms with E-state index in [0.29, 0.717) is 17.2 Å². The second-order valence-electron chi connectivity index (χ2n) is 3.77. The molecule has 106 valence electrons. The Morgan fingerprint density at radius 1 is 0.900 bits per heavy atom. The van der Waals surface area contributed by atoms with Crippen molar-refractivity contribution in [2.45, 2.75) is 10.4 Å². The standard InChI is InChI=1S/C14H11F3O2S/c1-18-12-4-2-3-5-13(12)19-10-6-8-11(9-7-10)20-14(15,16)17/h2-9H,1H3. The minimum Gasteiger partial charge on any atom is -0.493 e. The summed E-state index contributed by atoms with van der Waals surface area (Å²) in [6.07, 6.45) is 0. The van der Waals surface area contributed by atoms with Crippen LogP contribution in [0.5, 0.6) is 17.2 Å². The number of para-hydroxylation sites is 2. The molecule has 2 aromatic rings. The maximum Gasteiger partial charge on any atom is 0.446 e. The van der Waals surface area contributed by atoms with Crippen LogP contribution in [0.15, 0.2) is 53.4 Å². The van der Waals surface area contributed by atoms with Crippen molar-refractivity contribution in [2.75, 3.05) is 7.11 Å². The zero-order chi connectivity index (χ0) is 14.6. The van der Waals surface area contributed by atoms with Crippen LogP contribution in [-0.4, -0.2) is 12.6 Å². The van der Waals surface area contributed by atoms with Crippen molar-refractivity contribution in [1.29, 1.82) is 0 Å². The second kappa shape index (κ2) is 6.09. The van der Waals surface area contributed by atoms with Gasteiger partial charge in [-0.15, -0.1) is 0 Å². The van der Waals surface area contributed by atoms with Crippen LogP contribution >= 0.6 is 11.8 Å². The Hall–Kier alpha value is -1.82. The molecule has 0 N–H and O–H groups in total. The van der Waals surface area contributed by atoms with Crippen LogP contribution in [-0.2, 0) is 0 Å². The van der Waals surface area contributed by atoms with Crippen molar-refractivity contribution >= 4 is 11.8 Å². The van der Waals surface area contributed by atoms with Crippen LogP contribution in [0, 0.1) is 0 Å². The molecule has 6 heteroatoms. The number of hydrogen-bond acceptors (Lipinski definition) is 3. The summed E-state index contributed by atoms with van der Waals surface area (Å²) in [7, 11) is 1.52. The van der Waals surface area contributed by atoms with E-state index in [1.165, 1.54) is 31.4 Å². The smallest absolute Gasteiger partial charge is 0.446 e. The predicted octanol–water partition coefficient (Wildman–Crippen LogP) is 5.10. The molecule has 0 saturated carbocycles. The first-order chi connectivity index (χ1) is 9.48. The zero-order valence-electron chi connectivity index (χ0n) is 10.5. The molecular formula is C14H11F3O2S. The third-order valence-corrected chi connectivity index (χ3v) is 3.09. The Morgan fingerprint density at radius 2 is 1.50 bits per heavy atom. The van der Waals surface area contributed by atoms with Gasteiger partial charge in [0, 0.05) is 4.90 Å². The Kier molecular flexibility index (Phi) is 4.44. The van der Waals surface area contributed by atoms with Gasteiger partial charge in [-0.05, 0) is 48.2 Å². The van der Waals surface area contributed by atoms with Gasteiger partial charge in [0.15, 0.2) is 11.5 Å². The summed E-state index contributed by atoms with van der Waals surface area (Å²) in [4.78, 5) is 0.116. The maximum absolute atomic E-state index is 12.2. The molecule has 0 aliphatic carbocycles. The molecule has 0 bridgehead atoms. The van der Waals surface area contributed by atoms with E-state index in [1.54, 1.807) is 24.3 Å². The van der Waals surface area contributed by atoms with Crippen LogP contribution in [0.2, 0.25) is 0 Å². The molecule has 2 aromatic carbocycles. The van der Waals surface area contributed by atoms with Crippen LogP contribution in [0.3, 0.4) is 0 Å². The summed E-state index contributed by atoms with van der Waals surface area (Å²) >= 11 is -0.157. The molecule has 20 heavy (non-hydrogen) atoms. The highest BCUT2D eigenvalue weighted by Gasteiger charge is 2.29. The molecule has 0 atom stereocenters. The van der Waals surface area contributed by atoms with E-state index in [2.05, 4.69) is 0 Å². The van der Waals surface area contributed by atoms with E-state index >= 15 is 0 Å². The van der Waals surface area contributed by atoms with Crippen molar-refractivity contribution < 1.29 is 22.6 Å². The van der Waals surface area contributed by atoms with E-state index in [0.717, 1.165) is 0 Å². The highest BCUT2D eigenvalue weighted by atomic mass is 32.2. The summed E-state index contributed by atoms with van der Waals surface area (Å²) < 4.78 is 47.3. The Morgan fingerprint density at radius 3 is 2.05 bits per heavy atom. The molecule has 2 rings (SSSR count). The average molecular weight is 300 g/mol. The fourth-order valence-corrected chi connectivity index (χ4v) is 2.08. The maximum atomic E-state index is 12.2. The van der Waals surface area contributed by atoms with Gasteiger partial charge in [-0.25, -0.2) is 0 Å². The topological polar surface area (TPSA) is 18.5 Å². The lowest BCUT2D eigenvalue weighted by Gasteiger charge is -2.10. The summed E-state index contributed by atoms with van der Waals surface area (Å²) in [6.45, 7) is 0. The molecule has 0 saturated heterocycles. The van der Waals surface area contributed by atoms with Gasteiger partial charge in [-0.3, -0.25) is 0 Å². The number of benzene rings is 2. The van der Waals surface area contributed by atoms with E-state index in [1.807, 2.05) is 0 Å². The molecule has 0 aliphatic heterocycles. The molecule has 0 radical (unpaired) electrons. The number of halogens is 3. The number of ether oxygens (including phenoxy) is 2. The summed E-state index contributed by atoms with van der Waals surface area (Å²) in [5.41, 5.74) is -4.29. The van der Waals surface area contributed by atoms with Gasteiger partial charge >= 0.3 is 5.51 Å². The minimum absolute atomic E-state index is 0.116. The third-order valence-electron chi connectivity index (χ3n) is 2.35. The van der Waals surface area contributed by atoms with Crippen molar-refractivity contribution in [2.24, 2.45) is 0 Å². The molecule has 0 unspecified atom stereocenters. The molecule has 0 aliphatic rings. The zero-order valence-corrected chi connectivity index (χ0v) is 11.3. The van der Waals surface area contributed by atoms with Crippen LogP contribution in [0.4, 0.5) is 13.2 Å². The Balaban J connectivity index is 2.11. The van der Waals surface area contributed by atoms with E-state index < -0.39 is 5.51 Å². The van der Waals surface area contributed by atoms with Crippen LogP contribution < -0.4 is 9.47 Å². The fourth-order valence-electron chi connectivity index (χ4n) is 1.54. The van der Waals surface area contributed by atoms with Gasteiger partial charge < -0.3 is 9.47 Å². The van der Waals surface area contributed by atoms with E-state index in [-0.39, 0.29) is 16.7 Å². The number of hydrogen-bond donors (Lipinski definition) is 0. The quantitative estimate of drug-likeness (QED) is 0.732. The number of alkyl halides is 3. The minimum atomic E-state index is -4.29. The van der Waals surface area contributed by atoms with Gasteiger partial charge in [0.1, 0.15) is 5.75 Å². The largest absolute Gasteiger partial charge is 0.493 e. The predicted molar refractivity (Wildman–Crippen MR) is 71.4 cm³/mol. The lowest BCUT2D eigenvalue weighted by Crippen LogP contribution is -1.98. The first-order valence-electron chi connectivity index (χ1n) is 5.64. The summed E-state index contributed by atoms with van der Waals surface area (Å²) in [5.74, 6) is 1.51. The van der Waals surface area contributed by atoms with E-state index in [4.69, 9.17) is 9.47 Å². The normalized spacial score (nSPS) is 11.2. The molecule has 0 amide bonds. The van der Waals surface area contributed by atoms with Gasteiger partial charge in [0.2, 0.25) is 0 Å². The first kappa shape index (κ1) is 14.6. The summed E-state index contributed by atoms with van der Waals surface area (Å²) in [5, 5.41) is 0. The second-order valence-corrected chi connectivity index (χ2v) is 4.91. The average Bonchev–Trinajstić information content (AvgIpc) is 2.40. The van der Waals surface area contributed by atoms with Gasteiger partial charge in [-0.2, -0.15) is 13.2 Å². The highest BCUT2D eigenvalue weighted by Crippen LogP contribution is 2.38. The lowest BCUT2D eigenvalue weighted by molar-refractivity contribution is -0.0328. The van der Waals surface area contributed by atoms with Gasteiger partial charge in [0.25, 0.3) is 0 Å². The molecule has 0 fully saturated rings. The number of methoxy groups -OCH3 is 1. The SMILES string of the molecule is COc1ccccc1Oc1ccc(SC(F)(F)F)cc1. The number of thioether (sulfide) groups is 1. The van der Waals surface area contributed by atoms with E-state index in [9.17, 15) is 13.2 Å². The van der Waals surface area contributed by atoms with Crippen molar-refractivity contribution in [3.63, 3.8) is 0 Å². The van der Waals surface area contributed by atoms with Gasteiger partial charge in [0.05, 0.1) is 7.11 Å². The Bertz CT molecular complexity index is 567. The van der Waals surface area contributed by atoms with Crippen LogP contribution in [0.25, 0.3) is 0 Å². The van der Waals surface area contributed by atoms with Crippen LogP contribution in [0.1, 0.15) is 0 Å². The molecule has 0 spiro atoms. The monoisotopic (exact) mass is 300 g/mol. The highest BCUT2D eigenvalue weighted by molar-refractivity contribution is 8.00. The lowest BCUT2D eigenvalue weighted by atomic mass is 10.3. The third kappa shape index (κ3) is 4.09. The molecule has 2 nitrogen and oxygen atoms in total. The van der Waals surface area contributed by atoms with Crippen molar-refractivity contribution in [3.05, 3.63) is 48.5 Å². The Labute approximate surface area is 118 Å². The van der Waals surface area contributed by atoms with Crippen molar-refractivity contribution in [1.82, 2.24) is 0 Å².